The number of carboxylic acids is 1. The molecule has 0 atom stereocenters. The minimum Gasteiger partial charge on any atom is -0.478 e. The Kier molecular flexibility index (Phi) is 4.32. The topological polar surface area (TPSA) is 66.4 Å². The van der Waals surface area contributed by atoms with Gasteiger partial charge in [0.1, 0.15) is 17.2 Å². The Morgan fingerprint density at radius 3 is 2.29 bits per heavy atom. The molecule has 0 unspecified atom stereocenters. The molecule has 2 N–H and O–H groups in total. The van der Waals surface area contributed by atoms with Crippen molar-refractivity contribution in [2.45, 2.75) is 0 Å². The van der Waals surface area contributed by atoms with Crippen molar-refractivity contribution in [2.24, 2.45) is 0 Å². The fourth-order valence-electron chi connectivity index (χ4n) is 1.71. The van der Waals surface area contributed by atoms with Crippen molar-refractivity contribution in [2.75, 3.05) is 5.32 Å². The maximum absolute atomic E-state index is 13.5. The molecule has 0 bridgehead atoms. The zero-order chi connectivity index (χ0) is 15.6. The zero-order valence-electron chi connectivity index (χ0n) is 10.4. The molecule has 2 aromatic carbocycles. The molecule has 0 aromatic heterocycles. The molecule has 21 heavy (non-hydrogen) atoms. The summed E-state index contributed by atoms with van der Waals surface area (Å²) in [5.41, 5.74) is -1.03. The van der Waals surface area contributed by atoms with E-state index in [4.69, 9.17) is 5.11 Å². The zero-order valence-corrected chi connectivity index (χ0v) is 11.9. The van der Waals surface area contributed by atoms with Crippen LogP contribution in [0, 0.1) is 11.6 Å². The molecular weight excluding hydrogens is 348 g/mol. The van der Waals surface area contributed by atoms with Gasteiger partial charge in [-0.25, -0.2) is 13.6 Å². The quantitative estimate of drug-likeness (QED) is 0.882. The Labute approximate surface area is 126 Å². The maximum atomic E-state index is 13.5. The summed E-state index contributed by atoms with van der Waals surface area (Å²) in [6.45, 7) is 0. The summed E-state index contributed by atoms with van der Waals surface area (Å²) in [4.78, 5) is 23.0. The molecule has 0 aliphatic carbocycles. The van der Waals surface area contributed by atoms with Gasteiger partial charge in [-0.2, -0.15) is 0 Å². The highest BCUT2D eigenvalue weighted by molar-refractivity contribution is 9.10. The summed E-state index contributed by atoms with van der Waals surface area (Å²) in [5, 5.41) is 11.2. The van der Waals surface area contributed by atoms with Gasteiger partial charge in [-0.05, 0) is 30.3 Å². The molecule has 1 amide bonds. The molecule has 0 aliphatic rings. The van der Waals surface area contributed by atoms with Crippen LogP contribution in [0.2, 0.25) is 0 Å². The fraction of sp³-hybridized carbons (Fsp3) is 0. The summed E-state index contributed by atoms with van der Waals surface area (Å²) < 4.78 is 27.5. The van der Waals surface area contributed by atoms with Crippen LogP contribution in [0.1, 0.15) is 20.7 Å². The highest BCUT2D eigenvalue weighted by Gasteiger charge is 2.19. The van der Waals surface area contributed by atoms with Gasteiger partial charge in [0.15, 0.2) is 0 Å². The molecule has 108 valence electrons. The Morgan fingerprint density at radius 1 is 1.10 bits per heavy atom. The normalized spacial score (nSPS) is 10.2. The largest absolute Gasteiger partial charge is 0.478 e. The van der Waals surface area contributed by atoms with Gasteiger partial charge in [0.2, 0.25) is 0 Å². The second-order valence-electron chi connectivity index (χ2n) is 4.05. The summed E-state index contributed by atoms with van der Waals surface area (Å²) in [5.74, 6) is -4.39. The van der Waals surface area contributed by atoms with Gasteiger partial charge in [-0.1, -0.05) is 22.0 Å². The third-order valence-electron chi connectivity index (χ3n) is 2.65. The first kappa shape index (κ1) is 15.1. The average molecular weight is 356 g/mol. The number of nitrogens with one attached hydrogen (secondary N) is 1. The lowest BCUT2D eigenvalue weighted by molar-refractivity contribution is 0.0698. The third-order valence-corrected chi connectivity index (χ3v) is 3.14. The van der Waals surface area contributed by atoms with E-state index in [0.29, 0.717) is 4.47 Å². The number of amides is 1. The van der Waals surface area contributed by atoms with Gasteiger partial charge in [-0.3, -0.25) is 4.79 Å². The number of benzene rings is 2. The summed E-state index contributed by atoms with van der Waals surface area (Å²) in [6, 6.07) is 7.08. The van der Waals surface area contributed by atoms with E-state index in [1.807, 2.05) is 0 Å². The second-order valence-corrected chi connectivity index (χ2v) is 4.96. The van der Waals surface area contributed by atoms with E-state index < -0.39 is 29.1 Å². The number of carboxylic acid groups (broad SMARTS) is 1. The molecule has 2 rings (SSSR count). The first-order valence-electron chi connectivity index (χ1n) is 5.68. The van der Waals surface area contributed by atoms with Gasteiger partial charge in [0.25, 0.3) is 5.91 Å². The minimum absolute atomic E-state index is 0.0653. The monoisotopic (exact) mass is 355 g/mol. The number of rotatable bonds is 3. The Bertz CT molecular complexity index is 714. The van der Waals surface area contributed by atoms with Gasteiger partial charge >= 0.3 is 5.97 Å². The van der Waals surface area contributed by atoms with Crippen molar-refractivity contribution in [3.8, 4) is 0 Å². The molecule has 0 heterocycles. The molecule has 0 spiro atoms. The molecular formula is C14H8BrF2NO3. The second kappa shape index (κ2) is 6.01. The standard InChI is InChI=1S/C14H8BrF2NO3/c15-7-4-5-8(14(20)21)11(6-7)18-13(19)12-9(16)2-1-3-10(12)17/h1-6H,(H,18,19)(H,20,21). The lowest BCUT2D eigenvalue weighted by atomic mass is 10.1. The van der Waals surface area contributed by atoms with Crippen LogP contribution in [0.4, 0.5) is 14.5 Å². The van der Waals surface area contributed by atoms with Crippen molar-refractivity contribution in [1.29, 1.82) is 0 Å². The molecule has 0 saturated carbocycles. The highest BCUT2D eigenvalue weighted by Crippen LogP contribution is 2.23. The number of carbonyl (C=O) groups is 2. The Balaban J connectivity index is 2.40. The first-order valence-corrected chi connectivity index (χ1v) is 6.47. The molecule has 0 aliphatic heterocycles. The average Bonchev–Trinajstić information content (AvgIpc) is 2.38. The van der Waals surface area contributed by atoms with Gasteiger partial charge in [0, 0.05) is 4.47 Å². The van der Waals surface area contributed by atoms with Crippen LogP contribution in [-0.4, -0.2) is 17.0 Å². The molecule has 0 fully saturated rings. The smallest absolute Gasteiger partial charge is 0.337 e. The van der Waals surface area contributed by atoms with E-state index in [2.05, 4.69) is 21.2 Å². The summed E-state index contributed by atoms with van der Waals surface area (Å²) in [7, 11) is 0. The number of hydrogen-bond donors (Lipinski definition) is 2. The molecule has 7 heteroatoms. The summed E-state index contributed by atoms with van der Waals surface area (Å²) >= 11 is 3.13. The van der Waals surface area contributed by atoms with E-state index in [1.165, 1.54) is 18.2 Å². The van der Waals surface area contributed by atoms with E-state index in [1.54, 1.807) is 0 Å². The molecule has 2 aromatic rings. The van der Waals surface area contributed by atoms with Crippen LogP contribution >= 0.6 is 15.9 Å². The van der Waals surface area contributed by atoms with Crippen LogP contribution in [-0.2, 0) is 0 Å². The van der Waals surface area contributed by atoms with Crippen LogP contribution in [0.25, 0.3) is 0 Å². The van der Waals surface area contributed by atoms with Gasteiger partial charge < -0.3 is 10.4 Å². The van der Waals surface area contributed by atoms with Crippen LogP contribution < -0.4 is 5.32 Å². The van der Waals surface area contributed by atoms with Crippen molar-refractivity contribution in [1.82, 2.24) is 0 Å². The third kappa shape index (κ3) is 3.25. The number of carbonyl (C=O) groups excluding carboxylic acids is 1. The predicted molar refractivity (Wildman–Crippen MR) is 75.4 cm³/mol. The van der Waals surface area contributed by atoms with Crippen molar-refractivity contribution in [3.05, 3.63) is 63.6 Å². The number of hydrogen-bond acceptors (Lipinski definition) is 2. The minimum atomic E-state index is -1.27. The fourth-order valence-corrected chi connectivity index (χ4v) is 2.07. The SMILES string of the molecule is O=C(O)c1ccc(Br)cc1NC(=O)c1c(F)cccc1F. The van der Waals surface area contributed by atoms with E-state index in [9.17, 15) is 18.4 Å². The van der Waals surface area contributed by atoms with Crippen molar-refractivity contribution < 1.29 is 23.5 Å². The van der Waals surface area contributed by atoms with Gasteiger partial charge in [0.05, 0.1) is 11.3 Å². The Hall–Kier alpha value is -2.28. The number of halogens is 3. The Morgan fingerprint density at radius 2 is 1.71 bits per heavy atom. The van der Waals surface area contributed by atoms with Crippen LogP contribution in [0.3, 0.4) is 0 Å². The predicted octanol–water partition coefficient (Wildman–Crippen LogP) is 3.68. The first-order chi connectivity index (χ1) is 9.90. The lowest BCUT2D eigenvalue weighted by Gasteiger charge is -2.10. The lowest BCUT2D eigenvalue weighted by Crippen LogP contribution is -2.17. The molecule has 0 saturated heterocycles. The van der Waals surface area contributed by atoms with Crippen LogP contribution in [0.5, 0.6) is 0 Å². The van der Waals surface area contributed by atoms with E-state index in [0.717, 1.165) is 18.2 Å². The van der Waals surface area contributed by atoms with Crippen molar-refractivity contribution >= 4 is 33.5 Å². The molecule has 4 nitrogen and oxygen atoms in total. The van der Waals surface area contributed by atoms with Gasteiger partial charge in [-0.15, -0.1) is 0 Å². The number of anilines is 1. The van der Waals surface area contributed by atoms with Crippen LogP contribution in [0.15, 0.2) is 40.9 Å². The summed E-state index contributed by atoms with van der Waals surface area (Å²) in [6.07, 6.45) is 0. The van der Waals surface area contributed by atoms with E-state index in [-0.39, 0.29) is 11.3 Å². The number of aromatic carboxylic acids is 1. The maximum Gasteiger partial charge on any atom is 0.337 e. The van der Waals surface area contributed by atoms with E-state index >= 15 is 0 Å². The van der Waals surface area contributed by atoms with Crippen molar-refractivity contribution in [3.63, 3.8) is 0 Å². The highest BCUT2D eigenvalue weighted by atomic mass is 79.9. The molecule has 0 radical (unpaired) electrons.